The van der Waals surface area contributed by atoms with Crippen LogP contribution in [0.15, 0.2) is 54.5 Å². The number of aliphatic hydroxyl groups is 1. The van der Waals surface area contributed by atoms with Gasteiger partial charge in [-0.3, -0.25) is 0 Å². The molecule has 0 saturated heterocycles. The molecule has 0 aliphatic carbocycles. The van der Waals surface area contributed by atoms with E-state index in [1.165, 1.54) is 16.4 Å². The van der Waals surface area contributed by atoms with Crippen LogP contribution in [0.4, 0.5) is 0 Å². The second-order valence-corrected chi connectivity index (χ2v) is 8.77. The number of benzene rings is 1. The summed E-state index contributed by atoms with van der Waals surface area (Å²) in [6.45, 7) is 19.1. The van der Waals surface area contributed by atoms with Crippen molar-refractivity contribution in [3.8, 4) is 0 Å². The molecular weight excluding hydrogens is 394 g/mol. The molecule has 0 radical (unpaired) electrons. The predicted octanol–water partition coefficient (Wildman–Crippen LogP) is 5.92. The number of hydrogen-bond donors (Lipinski definition) is 1. The lowest BCUT2D eigenvalue weighted by Crippen LogP contribution is -2.39. The highest BCUT2D eigenvalue weighted by molar-refractivity contribution is 7.89. The summed E-state index contributed by atoms with van der Waals surface area (Å²) >= 11 is 5.82. The first-order chi connectivity index (χ1) is 13.1. The molecule has 0 fully saturated rings. The van der Waals surface area contributed by atoms with E-state index >= 15 is 0 Å². The van der Waals surface area contributed by atoms with Crippen LogP contribution in [-0.2, 0) is 10.0 Å². The maximum atomic E-state index is 12.8. The van der Waals surface area contributed by atoms with Gasteiger partial charge in [-0.2, -0.15) is 4.31 Å². The van der Waals surface area contributed by atoms with E-state index in [2.05, 4.69) is 13.2 Å². The number of hydrogen-bond acceptors (Lipinski definition) is 3. The lowest BCUT2D eigenvalue weighted by Gasteiger charge is -2.31. The van der Waals surface area contributed by atoms with Gasteiger partial charge in [0.2, 0.25) is 10.0 Å². The van der Waals surface area contributed by atoms with Crippen molar-refractivity contribution in [1.29, 1.82) is 0 Å². The molecule has 1 rings (SSSR count). The van der Waals surface area contributed by atoms with Crippen LogP contribution in [0.2, 0.25) is 5.02 Å². The highest BCUT2D eigenvalue weighted by Crippen LogP contribution is 2.25. The summed E-state index contributed by atoms with van der Waals surface area (Å²) in [5, 5.41) is 11.0. The summed E-state index contributed by atoms with van der Waals surface area (Å²) in [4.78, 5) is 0.215. The first-order valence-corrected chi connectivity index (χ1v) is 11.6. The van der Waals surface area contributed by atoms with Gasteiger partial charge in [-0.05, 0) is 51.0 Å². The molecule has 6 heteroatoms. The first kappa shape index (κ1) is 29.1. The molecule has 0 aliphatic heterocycles. The van der Waals surface area contributed by atoms with Crippen molar-refractivity contribution in [3.05, 3.63) is 54.6 Å². The van der Waals surface area contributed by atoms with Gasteiger partial charge in [-0.25, -0.2) is 8.42 Å². The molecule has 2 atom stereocenters. The molecule has 0 saturated carbocycles. The number of allylic oxidation sites excluding steroid dienone is 1. The third-order valence-corrected chi connectivity index (χ3v) is 6.29. The molecule has 0 amide bonds. The van der Waals surface area contributed by atoms with Crippen LogP contribution in [0, 0.1) is 5.92 Å². The van der Waals surface area contributed by atoms with E-state index in [1.807, 2.05) is 34.6 Å². The Labute approximate surface area is 178 Å². The van der Waals surface area contributed by atoms with Gasteiger partial charge >= 0.3 is 0 Å². The van der Waals surface area contributed by atoms with Gasteiger partial charge in [-0.1, -0.05) is 51.4 Å². The van der Waals surface area contributed by atoms with Gasteiger partial charge in [0.1, 0.15) is 0 Å². The number of sulfonamides is 1. The fourth-order valence-electron chi connectivity index (χ4n) is 2.19. The van der Waals surface area contributed by atoms with E-state index in [9.17, 15) is 13.5 Å². The van der Waals surface area contributed by atoms with Crippen molar-refractivity contribution in [2.24, 2.45) is 5.92 Å². The number of nitrogens with zero attached hydrogens (tertiary/aromatic N) is 1. The summed E-state index contributed by atoms with van der Waals surface area (Å²) in [5.74, 6) is -0.121. The van der Waals surface area contributed by atoms with Crippen molar-refractivity contribution in [2.45, 2.75) is 64.9 Å². The number of rotatable bonds is 9. The Kier molecular flexibility index (Phi) is 15.4. The Morgan fingerprint density at radius 2 is 1.68 bits per heavy atom. The molecule has 1 N–H and O–H groups in total. The quantitative estimate of drug-likeness (QED) is 0.493. The highest BCUT2D eigenvalue weighted by Gasteiger charge is 2.30. The van der Waals surface area contributed by atoms with Crippen LogP contribution in [0.5, 0.6) is 0 Å². The topological polar surface area (TPSA) is 57.6 Å². The zero-order valence-corrected chi connectivity index (χ0v) is 19.9. The molecule has 1 aromatic carbocycles. The molecule has 0 bridgehead atoms. The van der Waals surface area contributed by atoms with Crippen molar-refractivity contribution < 1.29 is 13.5 Å². The average molecular weight is 432 g/mol. The van der Waals surface area contributed by atoms with E-state index in [0.29, 0.717) is 24.4 Å². The lowest BCUT2D eigenvalue weighted by molar-refractivity contribution is 0.0124. The van der Waals surface area contributed by atoms with Crippen LogP contribution in [0.25, 0.3) is 0 Å². The first-order valence-electron chi connectivity index (χ1n) is 9.74. The third kappa shape index (κ3) is 9.87. The molecule has 0 heterocycles. The predicted molar refractivity (Wildman–Crippen MR) is 122 cm³/mol. The molecule has 28 heavy (non-hydrogen) atoms. The van der Waals surface area contributed by atoms with Crippen molar-refractivity contribution in [3.63, 3.8) is 0 Å². The second kappa shape index (κ2) is 14.8. The smallest absolute Gasteiger partial charge is 0.243 e. The third-order valence-electron chi connectivity index (χ3n) is 4.13. The standard InChI is InChI=1S/C17H26ClNO3S.C3H6.C2H6/c1-5-12-19(13-11-17(4,20)14(3)6-2)23(21,22)16-9-7-15(18)8-10-16;1-3-2;1-2/h6-10,14,20H,2,5,11-13H2,1,3-4H3;3H,1H2,2H3;1-2H3. The largest absolute Gasteiger partial charge is 0.390 e. The Morgan fingerprint density at radius 1 is 1.21 bits per heavy atom. The van der Waals surface area contributed by atoms with Crippen molar-refractivity contribution in [2.75, 3.05) is 13.1 Å². The van der Waals surface area contributed by atoms with E-state index in [0.717, 1.165) is 0 Å². The van der Waals surface area contributed by atoms with E-state index in [4.69, 9.17) is 11.6 Å². The van der Waals surface area contributed by atoms with Crippen LogP contribution < -0.4 is 0 Å². The zero-order chi connectivity index (χ0) is 22.4. The Balaban J connectivity index is 0. The maximum Gasteiger partial charge on any atom is 0.243 e. The van der Waals surface area contributed by atoms with Gasteiger partial charge in [-0.15, -0.1) is 13.2 Å². The number of halogens is 1. The SMILES string of the molecule is C=CC.C=CC(C)C(C)(O)CCN(CCC)S(=O)(=O)c1ccc(Cl)cc1.CC. The second-order valence-electron chi connectivity index (χ2n) is 6.40. The maximum absolute atomic E-state index is 12.8. The molecular formula is C22H38ClNO3S. The fourth-order valence-corrected chi connectivity index (χ4v) is 3.85. The molecule has 0 aliphatic rings. The van der Waals surface area contributed by atoms with Crippen molar-refractivity contribution in [1.82, 2.24) is 4.31 Å². The molecule has 162 valence electrons. The highest BCUT2D eigenvalue weighted by atomic mass is 35.5. The fraction of sp³-hybridized carbons (Fsp3) is 0.545. The summed E-state index contributed by atoms with van der Waals surface area (Å²) in [6, 6.07) is 6.14. The molecule has 0 spiro atoms. The summed E-state index contributed by atoms with van der Waals surface area (Å²) < 4.78 is 27.0. The molecule has 4 nitrogen and oxygen atoms in total. The van der Waals surface area contributed by atoms with Gasteiger partial charge in [0.15, 0.2) is 0 Å². The van der Waals surface area contributed by atoms with Crippen LogP contribution in [-0.4, -0.2) is 36.5 Å². The summed E-state index contributed by atoms with van der Waals surface area (Å²) in [6.07, 6.45) is 4.47. The van der Waals surface area contributed by atoms with Gasteiger partial charge in [0.05, 0.1) is 10.5 Å². The normalized spacial score (nSPS) is 13.9. The Hall–Kier alpha value is -1.14. The summed E-state index contributed by atoms with van der Waals surface area (Å²) in [5.41, 5.74) is -0.997. The molecule has 0 aromatic heterocycles. The van der Waals surface area contributed by atoms with Gasteiger partial charge in [0.25, 0.3) is 0 Å². The minimum atomic E-state index is -3.60. The minimum Gasteiger partial charge on any atom is -0.390 e. The monoisotopic (exact) mass is 431 g/mol. The van der Waals surface area contributed by atoms with Crippen LogP contribution in [0.3, 0.4) is 0 Å². The van der Waals surface area contributed by atoms with Gasteiger partial charge in [0, 0.05) is 24.0 Å². The molecule has 2 unspecified atom stereocenters. The van der Waals surface area contributed by atoms with E-state index in [-0.39, 0.29) is 17.4 Å². The Bertz CT molecular complexity index is 655. The summed E-state index contributed by atoms with van der Waals surface area (Å²) in [7, 11) is -3.60. The average Bonchev–Trinajstić information content (AvgIpc) is 2.66. The molecule has 1 aromatic rings. The van der Waals surface area contributed by atoms with E-state index in [1.54, 1.807) is 31.2 Å². The lowest BCUT2D eigenvalue weighted by atomic mass is 9.88. The van der Waals surface area contributed by atoms with Crippen LogP contribution in [0.1, 0.15) is 54.4 Å². The Morgan fingerprint density at radius 3 is 2.07 bits per heavy atom. The minimum absolute atomic E-state index is 0.121. The van der Waals surface area contributed by atoms with Crippen LogP contribution >= 0.6 is 11.6 Å². The van der Waals surface area contributed by atoms with Crippen molar-refractivity contribution >= 4 is 21.6 Å². The van der Waals surface area contributed by atoms with E-state index < -0.39 is 15.6 Å². The van der Waals surface area contributed by atoms with Gasteiger partial charge < -0.3 is 5.11 Å². The zero-order valence-electron chi connectivity index (χ0n) is 18.3.